The van der Waals surface area contributed by atoms with Crippen LogP contribution < -0.4 is 9.03 Å². The van der Waals surface area contributed by atoms with Gasteiger partial charge < -0.3 is 0 Å². The van der Waals surface area contributed by atoms with Crippen LogP contribution >= 0.6 is 22.7 Å². The van der Waals surface area contributed by atoms with Crippen molar-refractivity contribution in [2.45, 2.75) is 92.2 Å². The Morgan fingerprint density at radius 3 is 2.13 bits per heavy atom. The second kappa shape index (κ2) is 11.7. The zero-order valence-electron chi connectivity index (χ0n) is 24.6. The number of carbonyl (C=O) groups is 1. The first-order chi connectivity index (χ1) is 17.4. The van der Waals surface area contributed by atoms with Gasteiger partial charge in [-0.2, -0.15) is 0 Å². The summed E-state index contributed by atoms with van der Waals surface area (Å²) in [5.41, 5.74) is 1.21. The van der Waals surface area contributed by atoms with Crippen molar-refractivity contribution in [3.63, 3.8) is 0 Å². The normalized spacial score (nSPS) is 14.7. The summed E-state index contributed by atoms with van der Waals surface area (Å²) >= 11 is 0.880. The Morgan fingerprint density at radius 2 is 1.61 bits per heavy atom. The fourth-order valence-corrected chi connectivity index (χ4v) is 11.7. The number of benzene rings is 1. The van der Waals surface area contributed by atoms with Crippen LogP contribution in [0.25, 0.3) is 10.7 Å². The third-order valence-corrected chi connectivity index (χ3v) is 18.6. The molecule has 1 amide bonds. The number of hydrogen-bond donors (Lipinski definition) is 1. The summed E-state index contributed by atoms with van der Waals surface area (Å²) < 4.78 is 14.0. The number of alkyl carbamates (subject to hydrolysis) is 1. The van der Waals surface area contributed by atoms with Crippen LogP contribution in [0.15, 0.2) is 41.1 Å². The summed E-state index contributed by atoms with van der Waals surface area (Å²) in [7, 11) is -2.24. The number of carbonyl (C=O) groups excluding carboxylic acids is 1. The first-order valence-electron chi connectivity index (χ1n) is 13.0. The maximum atomic E-state index is 13.1. The molecule has 3 rings (SSSR count). The van der Waals surface area contributed by atoms with E-state index in [0.717, 1.165) is 21.3 Å². The number of hydrogen-bond acceptors (Lipinski definition) is 7. The van der Waals surface area contributed by atoms with Crippen LogP contribution in [0.1, 0.15) is 64.3 Å². The van der Waals surface area contributed by atoms with E-state index in [1.54, 1.807) is 11.3 Å². The molecule has 0 aliphatic rings. The number of nitrogens with one attached hydrogen (secondary N) is 1. The number of nitrogens with zero attached hydrogens (tertiary/aromatic N) is 2. The Labute approximate surface area is 241 Å². The molecule has 1 N–H and O–H groups in total. The Bertz CT molecular complexity index is 1220. The number of thiazole rings is 2. The monoisotopic (exact) mass is 681 g/mol. The van der Waals surface area contributed by atoms with Crippen molar-refractivity contribution in [2.24, 2.45) is 0 Å². The van der Waals surface area contributed by atoms with Crippen molar-refractivity contribution in [3.8, 4) is 10.7 Å². The van der Waals surface area contributed by atoms with Gasteiger partial charge in [0.25, 0.3) is 0 Å². The maximum absolute atomic E-state index is 13.1. The van der Waals surface area contributed by atoms with Crippen LogP contribution in [0, 0.1) is 0 Å². The van der Waals surface area contributed by atoms with Crippen molar-refractivity contribution in [2.75, 3.05) is 0 Å². The molecule has 6 nitrogen and oxygen atoms in total. The Morgan fingerprint density at radius 1 is 0.974 bits per heavy atom. The van der Waals surface area contributed by atoms with E-state index in [1.165, 1.54) is 15.0 Å². The molecular weight excluding hydrogens is 637 g/mol. The van der Waals surface area contributed by atoms with Crippen LogP contribution in [0.5, 0.6) is 0 Å². The van der Waals surface area contributed by atoms with Crippen LogP contribution in [0.4, 0.5) is 4.79 Å². The fourth-order valence-electron chi connectivity index (χ4n) is 3.43. The standard InChI is InChI=1S/C25H34N3O3S2Si.3CH3.Sn/c1-24(2,3)30-23(29)28-19(22-27-18(16-33-22)21-26-14-15-32-21)20(17-12-10-9-11-13-17)31-34(7,8)25(4,5)6;;;;/h9-13,15-16,19-20H,1-8H3,(H,28,29);3*1H3;/t19-,20-;;;;/m1..../s1. The average molecular weight is 681 g/mol. The Kier molecular flexibility index (Phi) is 9.61. The van der Waals surface area contributed by atoms with Gasteiger partial charge in [-0.1, -0.05) is 0 Å². The van der Waals surface area contributed by atoms with E-state index < -0.39 is 50.5 Å². The van der Waals surface area contributed by atoms with Gasteiger partial charge in [-0.15, -0.1) is 0 Å². The first kappa shape index (κ1) is 31.3. The third-order valence-electron chi connectivity index (χ3n) is 6.61. The van der Waals surface area contributed by atoms with Crippen LogP contribution in [0.2, 0.25) is 33.0 Å². The number of rotatable bonds is 8. The predicted molar refractivity (Wildman–Crippen MR) is 166 cm³/mol. The van der Waals surface area contributed by atoms with Gasteiger partial charge in [-0.05, 0) is 0 Å². The topological polar surface area (TPSA) is 73.3 Å². The summed E-state index contributed by atoms with van der Waals surface area (Å²) in [5.74, 6) is 0. The molecule has 0 aliphatic carbocycles. The minimum atomic E-state index is -2.29. The van der Waals surface area contributed by atoms with E-state index in [0.29, 0.717) is 0 Å². The average Bonchev–Trinajstić information content (AvgIpc) is 3.44. The summed E-state index contributed by atoms with van der Waals surface area (Å²) in [5, 5.41) is 9.04. The minimum absolute atomic E-state index is 0.0132. The zero-order chi connectivity index (χ0) is 28.5. The molecule has 0 saturated heterocycles. The van der Waals surface area contributed by atoms with Crippen LogP contribution in [0.3, 0.4) is 0 Å². The molecule has 2 heterocycles. The Hall–Kier alpha value is -1.27. The second-order valence-corrected chi connectivity index (χ2v) is 34.0. The molecule has 2 aromatic heterocycles. The summed E-state index contributed by atoms with van der Waals surface area (Å²) in [4.78, 5) is 30.2. The number of amides is 1. The Balaban J connectivity index is 2.08. The van der Waals surface area contributed by atoms with Crippen molar-refractivity contribution in [1.29, 1.82) is 0 Å². The molecule has 0 aliphatic heterocycles. The van der Waals surface area contributed by atoms with Crippen molar-refractivity contribution < 1.29 is 14.0 Å². The molecule has 0 unspecified atom stereocenters. The number of ether oxygens (including phenoxy) is 1. The van der Waals surface area contributed by atoms with Crippen LogP contribution in [-0.4, -0.2) is 48.4 Å². The van der Waals surface area contributed by atoms with Crippen molar-refractivity contribution in [1.82, 2.24) is 15.3 Å². The molecule has 0 fully saturated rings. The molecule has 38 heavy (non-hydrogen) atoms. The summed E-state index contributed by atoms with van der Waals surface area (Å²) in [6.07, 6.45) is -0.918. The molecule has 0 radical (unpaired) electrons. The van der Waals surface area contributed by atoms with E-state index in [-0.39, 0.29) is 5.04 Å². The van der Waals surface area contributed by atoms with E-state index in [2.05, 4.69) is 71.5 Å². The fraction of sp³-hybridized carbons (Fsp3) is 0.536. The molecule has 0 saturated carbocycles. The molecule has 3 aromatic rings. The molecule has 208 valence electrons. The molecule has 1 aromatic carbocycles. The second-order valence-electron chi connectivity index (χ2n) is 13.2. The van der Waals surface area contributed by atoms with Crippen molar-refractivity contribution in [3.05, 3.63) is 51.7 Å². The first-order valence-corrected chi connectivity index (χ1v) is 27.7. The molecular formula is C28H43N3O3S2SiSn. The van der Waals surface area contributed by atoms with Crippen molar-refractivity contribution >= 4 is 59.2 Å². The van der Waals surface area contributed by atoms with E-state index in [1.807, 2.05) is 44.4 Å². The SMILES string of the molecule is CC(C)(C)OC(=O)N[C@@H](c1nc(-c2n[c]([Sn]([CH3])([CH3])[CH3])cs2)cs1)[C@H](O[Si](C)(C)C(C)(C)C)c1ccccc1. The van der Waals surface area contributed by atoms with E-state index in [9.17, 15) is 4.79 Å². The summed E-state index contributed by atoms with van der Waals surface area (Å²) in [6, 6.07) is 9.58. The van der Waals surface area contributed by atoms with E-state index in [4.69, 9.17) is 19.1 Å². The molecule has 0 bridgehead atoms. The van der Waals surface area contributed by atoms with Gasteiger partial charge >= 0.3 is 243 Å². The van der Waals surface area contributed by atoms with Gasteiger partial charge in [-0.25, -0.2) is 0 Å². The molecule has 2 atom stereocenters. The number of aromatic nitrogens is 2. The van der Waals surface area contributed by atoms with Crippen LogP contribution in [-0.2, 0) is 9.16 Å². The van der Waals surface area contributed by atoms with Gasteiger partial charge in [0.1, 0.15) is 0 Å². The van der Waals surface area contributed by atoms with E-state index >= 15 is 0 Å². The quantitative estimate of drug-likeness (QED) is 0.243. The van der Waals surface area contributed by atoms with Gasteiger partial charge in [0.05, 0.1) is 0 Å². The van der Waals surface area contributed by atoms with Gasteiger partial charge in [-0.3, -0.25) is 0 Å². The van der Waals surface area contributed by atoms with Gasteiger partial charge in [0.15, 0.2) is 0 Å². The van der Waals surface area contributed by atoms with Gasteiger partial charge in [0, 0.05) is 0 Å². The molecule has 0 spiro atoms. The summed E-state index contributed by atoms with van der Waals surface area (Å²) in [6.45, 7) is 16.7. The van der Waals surface area contributed by atoms with Gasteiger partial charge in [0.2, 0.25) is 0 Å². The molecule has 10 heteroatoms. The zero-order valence-corrected chi connectivity index (χ0v) is 30.1. The predicted octanol–water partition coefficient (Wildman–Crippen LogP) is 8.14. The third kappa shape index (κ3) is 8.12.